The molecule has 4 aromatic rings. The number of rotatable bonds is 12. The van der Waals surface area contributed by atoms with Crippen molar-refractivity contribution in [1.82, 2.24) is 39.0 Å². The smallest absolute Gasteiger partial charge is 0.207 e. The van der Waals surface area contributed by atoms with Crippen LogP contribution in [0.2, 0.25) is 0 Å². The molecule has 0 saturated carbocycles. The average molecular weight is 633 g/mol. The maximum Gasteiger partial charge on any atom is 0.207 e. The molecule has 2 aliphatic heterocycles. The second kappa shape index (κ2) is 12.8. The van der Waals surface area contributed by atoms with Gasteiger partial charge in [-0.15, -0.1) is 0 Å². The standard InChI is InChI=1S/C25H36N12O8/c26-18-12-20(32-8-30-18)36(22-16(42)14(40)10(6-38)44-22)24(34-12)28-4-2-1-3-5-29-25-35-13-19(27)31-9-33-21(13)37(25)23-17(43)15(41)11(7-39)45-23/h8-11,14-17,22-23,38-43H,1-7H2,(H,28,34)(H,29,35)(H2,26,30,32)(H2,27,31,33)/t10-,11-,14+,15+,16-,17+,22-,23-/m1/s1. The first-order valence-electron chi connectivity index (χ1n) is 14.4. The fraction of sp³-hybridized carbons (Fsp3) is 0.600. The van der Waals surface area contributed by atoms with E-state index in [1.165, 1.54) is 21.8 Å². The quantitative estimate of drug-likeness (QED) is 0.0698. The van der Waals surface area contributed by atoms with Crippen molar-refractivity contribution in [3.63, 3.8) is 0 Å². The maximum atomic E-state index is 10.6. The Morgan fingerprint density at radius 1 is 0.644 bits per heavy atom. The van der Waals surface area contributed by atoms with Crippen LogP contribution in [0, 0.1) is 0 Å². The highest BCUT2D eigenvalue weighted by atomic mass is 16.6. The third-order valence-corrected chi connectivity index (χ3v) is 7.97. The summed E-state index contributed by atoms with van der Waals surface area (Å²) in [4.78, 5) is 25.4. The van der Waals surface area contributed by atoms with Crippen LogP contribution in [0.3, 0.4) is 0 Å². The summed E-state index contributed by atoms with van der Waals surface area (Å²) in [6.07, 6.45) is -4.74. The van der Waals surface area contributed by atoms with E-state index in [0.29, 0.717) is 60.2 Å². The van der Waals surface area contributed by atoms with Gasteiger partial charge in [-0.1, -0.05) is 0 Å². The lowest BCUT2D eigenvalue weighted by Gasteiger charge is -2.20. The fourth-order valence-corrected chi connectivity index (χ4v) is 5.60. The minimum atomic E-state index is -1.35. The van der Waals surface area contributed by atoms with E-state index in [4.69, 9.17) is 20.9 Å². The van der Waals surface area contributed by atoms with Gasteiger partial charge < -0.3 is 62.2 Å². The summed E-state index contributed by atoms with van der Waals surface area (Å²) in [7, 11) is 0. The molecule has 2 aliphatic rings. The van der Waals surface area contributed by atoms with E-state index in [2.05, 4.69) is 40.5 Å². The number of unbranched alkanes of at least 4 members (excludes halogenated alkanes) is 2. The summed E-state index contributed by atoms with van der Waals surface area (Å²) in [6, 6.07) is 0. The Kier molecular flexibility index (Phi) is 8.79. The third kappa shape index (κ3) is 5.55. The lowest BCUT2D eigenvalue weighted by Crippen LogP contribution is -2.33. The van der Waals surface area contributed by atoms with Crippen molar-refractivity contribution in [2.24, 2.45) is 0 Å². The average Bonchev–Trinajstić information content (AvgIpc) is 3.75. The number of fused-ring (bicyclic) bond motifs is 2. The first-order valence-corrected chi connectivity index (χ1v) is 14.4. The van der Waals surface area contributed by atoms with Crippen LogP contribution in [0.15, 0.2) is 12.7 Å². The number of nitrogens with two attached hydrogens (primary N) is 2. The Hall–Kier alpha value is -4.02. The molecule has 12 N–H and O–H groups in total. The Bertz CT molecular complexity index is 1520. The number of aliphatic hydroxyl groups is 6. The summed E-state index contributed by atoms with van der Waals surface area (Å²) in [5.41, 5.74) is 13.2. The number of nitrogens with one attached hydrogen (secondary N) is 2. The maximum absolute atomic E-state index is 10.6. The van der Waals surface area contributed by atoms with Gasteiger partial charge in [0.15, 0.2) is 46.4 Å². The number of ether oxygens (including phenoxy) is 2. The number of imidazole rings is 2. The van der Waals surface area contributed by atoms with Crippen molar-refractivity contribution >= 4 is 45.9 Å². The van der Waals surface area contributed by atoms with Crippen molar-refractivity contribution in [2.75, 3.05) is 48.4 Å². The molecular formula is C25H36N12O8. The molecule has 4 aromatic heterocycles. The minimum Gasteiger partial charge on any atom is -0.394 e. The van der Waals surface area contributed by atoms with Crippen molar-refractivity contribution in [2.45, 2.75) is 68.3 Å². The first-order chi connectivity index (χ1) is 21.7. The summed E-state index contributed by atoms with van der Waals surface area (Å²) < 4.78 is 14.4. The molecule has 20 nitrogen and oxygen atoms in total. The zero-order valence-corrected chi connectivity index (χ0v) is 24.0. The molecule has 0 radical (unpaired) electrons. The lowest BCUT2D eigenvalue weighted by molar-refractivity contribution is -0.0501. The van der Waals surface area contributed by atoms with E-state index in [1.807, 2.05) is 0 Å². The van der Waals surface area contributed by atoms with Crippen LogP contribution in [-0.2, 0) is 9.47 Å². The number of nitrogens with zero attached hydrogens (tertiary/aromatic N) is 8. The van der Waals surface area contributed by atoms with Crippen LogP contribution in [0.4, 0.5) is 23.5 Å². The molecule has 0 aromatic carbocycles. The normalized spacial score (nSPS) is 28.4. The molecule has 6 rings (SSSR count). The number of nitrogen functional groups attached to an aromatic ring is 2. The Morgan fingerprint density at radius 3 is 1.44 bits per heavy atom. The molecule has 0 aliphatic carbocycles. The van der Waals surface area contributed by atoms with Gasteiger partial charge in [-0.25, -0.2) is 29.9 Å². The molecule has 45 heavy (non-hydrogen) atoms. The van der Waals surface area contributed by atoms with E-state index in [0.717, 1.165) is 6.42 Å². The number of hydrogen-bond acceptors (Lipinski definition) is 18. The monoisotopic (exact) mass is 632 g/mol. The molecule has 244 valence electrons. The SMILES string of the molecule is Nc1ncnc2c1nc(NCCCCCNc1nc3c(N)ncnc3n1[C@@H]1O[C@H](CO)[C@H](O)[C@@H]1O)n2[C@@H]1O[C@H](CO)[C@H](O)[C@H]1O. The van der Waals surface area contributed by atoms with Crippen LogP contribution in [-0.4, -0.2) is 133 Å². The van der Waals surface area contributed by atoms with E-state index >= 15 is 0 Å². The van der Waals surface area contributed by atoms with E-state index < -0.39 is 62.3 Å². The van der Waals surface area contributed by atoms with Gasteiger partial charge in [0.1, 0.15) is 49.3 Å². The van der Waals surface area contributed by atoms with Crippen LogP contribution >= 0.6 is 0 Å². The first kappa shape index (κ1) is 31.0. The van der Waals surface area contributed by atoms with Crippen molar-refractivity contribution < 1.29 is 40.1 Å². The third-order valence-electron chi connectivity index (χ3n) is 7.97. The molecule has 0 spiro atoms. The van der Waals surface area contributed by atoms with E-state index in [-0.39, 0.29) is 11.6 Å². The summed E-state index contributed by atoms with van der Waals surface area (Å²) in [5.74, 6) is 0.873. The van der Waals surface area contributed by atoms with E-state index in [9.17, 15) is 30.6 Å². The largest absolute Gasteiger partial charge is 0.394 e. The lowest BCUT2D eigenvalue weighted by atomic mass is 10.1. The summed E-state index contributed by atoms with van der Waals surface area (Å²) >= 11 is 0. The second-order valence-electron chi connectivity index (χ2n) is 10.8. The molecule has 0 unspecified atom stereocenters. The Labute approximate surface area is 254 Å². The predicted molar refractivity (Wildman–Crippen MR) is 156 cm³/mol. The summed E-state index contributed by atoms with van der Waals surface area (Å²) in [5, 5.41) is 67.4. The molecule has 6 heterocycles. The second-order valence-corrected chi connectivity index (χ2v) is 10.8. The predicted octanol–water partition coefficient (Wildman–Crippen LogP) is -2.95. The molecule has 20 heteroatoms. The Balaban J connectivity index is 1.09. The zero-order chi connectivity index (χ0) is 31.8. The van der Waals surface area contributed by atoms with Gasteiger partial charge in [0.25, 0.3) is 0 Å². The minimum absolute atomic E-state index is 0.135. The number of aliphatic hydroxyl groups excluding tert-OH is 6. The van der Waals surface area contributed by atoms with Gasteiger partial charge in [-0.2, -0.15) is 0 Å². The van der Waals surface area contributed by atoms with Gasteiger partial charge in [0.05, 0.1) is 13.2 Å². The van der Waals surface area contributed by atoms with Gasteiger partial charge in [-0.3, -0.25) is 9.13 Å². The highest BCUT2D eigenvalue weighted by molar-refractivity contribution is 5.84. The highest BCUT2D eigenvalue weighted by Gasteiger charge is 2.46. The van der Waals surface area contributed by atoms with Crippen molar-refractivity contribution in [3.05, 3.63) is 12.7 Å². The molecule has 2 saturated heterocycles. The van der Waals surface area contributed by atoms with Gasteiger partial charge in [0, 0.05) is 13.1 Å². The fourth-order valence-electron chi connectivity index (χ4n) is 5.60. The zero-order valence-electron chi connectivity index (χ0n) is 24.0. The van der Waals surface area contributed by atoms with Crippen LogP contribution in [0.5, 0.6) is 0 Å². The van der Waals surface area contributed by atoms with E-state index in [1.54, 1.807) is 0 Å². The number of aromatic nitrogens is 8. The summed E-state index contributed by atoms with van der Waals surface area (Å²) in [6.45, 7) is -0.0191. The van der Waals surface area contributed by atoms with Gasteiger partial charge in [0.2, 0.25) is 11.9 Å². The highest BCUT2D eigenvalue weighted by Crippen LogP contribution is 2.36. The molecule has 2 fully saturated rings. The topological polar surface area (TPSA) is 303 Å². The molecule has 0 amide bonds. The molecule has 8 atom stereocenters. The van der Waals surface area contributed by atoms with Gasteiger partial charge >= 0.3 is 0 Å². The molecule has 0 bridgehead atoms. The van der Waals surface area contributed by atoms with Crippen LogP contribution in [0.25, 0.3) is 22.3 Å². The molecular weight excluding hydrogens is 596 g/mol. The Morgan fingerprint density at radius 2 is 1.07 bits per heavy atom. The van der Waals surface area contributed by atoms with Crippen LogP contribution < -0.4 is 22.1 Å². The van der Waals surface area contributed by atoms with Crippen molar-refractivity contribution in [1.29, 1.82) is 0 Å². The van der Waals surface area contributed by atoms with Crippen LogP contribution in [0.1, 0.15) is 31.7 Å². The number of anilines is 4. The number of hydrogen-bond donors (Lipinski definition) is 10. The van der Waals surface area contributed by atoms with Gasteiger partial charge in [-0.05, 0) is 19.3 Å². The van der Waals surface area contributed by atoms with Crippen molar-refractivity contribution in [3.8, 4) is 0 Å².